The van der Waals surface area contributed by atoms with Gasteiger partial charge in [-0.05, 0) is 65.7 Å². The Kier molecular flexibility index (Phi) is 11.9. The molecule has 0 radical (unpaired) electrons. The number of aliphatic hydroxyl groups excluding tert-OH is 1. The number of halogens is 1. The van der Waals surface area contributed by atoms with Crippen LogP contribution in [0.1, 0.15) is 106 Å². The van der Waals surface area contributed by atoms with Crippen molar-refractivity contribution < 1.29 is 14.6 Å². The van der Waals surface area contributed by atoms with Crippen molar-refractivity contribution in [1.29, 1.82) is 0 Å². The topological polar surface area (TPSA) is 84.6 Å². The standard InChI is InChI=1S/C25H41BrN2O3/c1-2-25(13-9-8-10-14-25)28-19-21-17-20(18-22(26)23(21)27)24(30)31-16-12-7-5-3-4-6-11-15-29/h17-18,28-29H,2-16,19,27H2,1H3. The van der Waals surface area contributed by atoms with Crippen molar-refractivity contribution in [1.82, 2.24) is 5.32 Å². The molecule has 0 atom stereocenters. The predicted molar refractivity (Wildman–Crippen MR) is 131 cm³/mol. The minimum absolute atomic E-state index is 0.186. The van der Waals surface area contributed by atoms with Crippen LogP contribution >= 0.6 is 15.9 Å². The van der Waals surface area contributed by atoms with Crippen LogP contribution in [0, 0.1) is 0 Å². The second-order valence-electron chi connectivity index (χ2n) is 8.91. The summed E-state index contributed by atoms with van der Waals surface area (Å²) in [4.78, 5) is 12.6. The van der Waals surface area contributed by atoms with Crippen molar-refractivity contribution in [2.24, 2.45) is 0 Å². The zero-order valence-electron chi connectivity index (χ0n) is 19.2. The number of ether oxygens (including phenoxy) is 1. The Hall–Kier alpha value is -1.11. The van der Waals surface area contributed by atoms with Crippen LogP contribution in [0.3, 0.4) is 0 Å². The molecule has 0 bridgehead atoms. The zero-order chi connectivity index (χ0) is 22.5. The number of unbranched alkanes of at least 4 members (excludes halogenated alkanes) is 6. The summed E-state index contributed by atoms with van der Waals surface area (Å²) < 4.78 is 6.25. The van der Waals surface area contributed by atoms with Crippen LogP contribution in [-0.2, 0) is 11.3 Å². The number of hydrogen-bond donors (Lipinski definition) is 3. The van der Waals surface area contributed by atoms with Crippen LogP contribution in [0.25, 0.3) is 0 Å². The van der Waals surface area contributed by atoms with E-state index in [2.05, 4.69) is 28.2 Å². The largest absolute Gasteiger partial charge is 0.462 e. The average Bonchev–Trinajstić information content (AvgIpc) is 2.79. The molecule has 1 fully saturated rings. The summed E-state index contributed by atoms with van der Waals surface area (Å²) >= 11 is 3.51. The molecule has 1 aliphatic carbocycles. The molecule has 0 aromatic heterocycles. The fourth-order valence-corrected chi connectivity index (χ4v) is 4.95. The molecule has 0 saturated heterocycles. The van der Waals surface area contributed by atoms with Gasteiger partial charge in [-0.25, -0.2) is 4.79 Å². The molecule has 1 aromatic carbocycles. The number of nitrogens with two attached hydrogens (primary N) is 1. The maximum atomic E-state index is 12.6. The Morgan fingerprint density at radius 2 is 1.74 bits per heavy atom. The van der Waals surface area contributed by atoms with E-state index in [1.807, 2.05) is 6.07 Å². The summed E-state index contributed by atoms with van der Waals surface area (Å²) in [6.07, 6.45) is 14.8. The molecule has 176 valence electrons. The molecule has 2 rings (SSSR count). The maximum absolute atomic E-state index is 12.6. The van der Waals surface area contributed by atoms with Crippen LogP contribution in [0.15, 0.2) is 16.6 Å². The molecule has 0 amide bonds. The summed E-state index contributed by atoms with van der Waals surface area (Å²) in [5.74, 6) is -0.284. The van der Waals surface area contributed by atoms with Gasteiger partial charge in [-0.15, -0.1) is 0 Å². The van der Waals surface area contributed by atoms with Crippen LogP contribution in [0.2, 0.25) is 0 Å². The van der Waals surface area contributed by atoms with Crippen LogP contribution in [0.5, 0.6) is 0 Å². The Labute approximate surface area is 196 Å². The molecule has 5 nitrogen and oxygen atoms in total. The number of carbonyl (C=O) groups is 1. The second kappa shape index (κ2) is 14.1. The lowest BCUT2D eigenvalue weighted by molar-refractivity contribution is 0.0497. The van der Waals surface area contributed by atoms with E-state index in [-0.39, 0.29) is 18.1 Å². The molecule has 0 aliphatic heterocycles. The second-order valence-corrected chi connectivity index (χ2v) is 9.77. The Balaban J connectivity index is 1.82. The van der Waals surface area contributed by atoms with Gasteiger partial charge in [0, 0.05) is 23.2 Å². The van der Waals surface area contributed by atoms with Gasteiger partial charge in [0.2, 0.25) is 0 Å². The van der Waals surface area contributed by atoms with Crippen molar-refractivity contribution in [2.75, 3.05) is 18.9 Å². The van der Waals surface area contributed by atoms with Crippen LogP contribution in [0.4, 0.5) is 5.69 Å². The molecule has 0 spiro atoms. The molecule has 1 saturated carbocycles. The van der Waals surface area contributed by atoms with Gasteiger partial charge in [-0.3, -0.25) is 0 Å². The highest BCUT2D eigenvalue weighted by atomic mass is 79.9. The number of nitrogens with one attached hydrogen (secondary N) is 1. The van der Waals surface area contributed by atoms with Crippen LogP contribution in [-0.4, -0.2) is 29.8 Å². The molecule has 4 N–H and O–H groups in total. The third-order valence-corrected chi connectivity index (χ3v) is 7.28. The monoisotopic (exact) mass is 496 g/mol. The normalized spacial score (nSPS) is 15.7. The summed E-state index contributed by atoms with van der Waals surface area (Å²) in [5.41, 5.74) is 8.67. The summed E-state index contributed by atoms with van der Waals surface area (Å²) in [7, 11) is 0. The molecular formula is C25H41BrN2O3. The number of hydrogen-bond acceptors (Lipinski definition) is 5. The van der Waals surface area contributed by atoms with Gasteiger partial charge in [0.25, 0.3) is 0 Å². The van der Waals surface area contributed by atoms with Gasteiger partial charge in [0.1, 0.15) is 0 Å². The van der Waals surface area contributed by atoms with Crippen LogP contribution < -0.4 is 11.1 Å². The van der Waals surface area contributed by atoms with E-state index in [4.69, 9.17) is 15.6 Å². The molecule has 6 heteroatoms. The lowest BCUT2D eigenvalue weighted by Crippen LogP contribution is -2.45. The third-order valence-electron chi connectivity index (χ3n) is 6.63. The lowest BCUT2D eigenvalue weighted by atomic mass is 9.79. The van der Waals surface area contributed by atoms with Crippen molar-refractivity contribution in [2.45, 2.75) is 102 Å². The zero-order valence-corrected chi connectivity index (χ0v) is 20.8. The maximum Gasteiger partial charge on any atom is 0.338 e. The Bertz CT molecular complexity index is 675. The van der Waals surface area contributed by atoms with Gasteiger partial charge >= 0.3 is 5.97 Å². The number of esters is 1. The van der Waals surface area contributed by atoms with Crippen molar-refractivity contribution in [3.05, 3.63) is 27.7 Å². The minimum atomic E-state index is -0.284. The number of aliphatic hydroxyl groups is 1. The molecule has 1 aliphatic rings. The van der Waals surface area contributed by atoms with Gasteiger partial charge in [-0.1, -0.05) is 58.3 Å². The van der Waals surface area contributed by atoms with Gasteiger partial charge in [0.15, 0.2) is 0 Å². The number of benzene rings is 1. The van der Waals surface area contributed by atoms with E-state index in [1.165, 1.54) is 38.5 Å². The van der Waals surface area contributed by atoms with E-state index < -0.39 is 0 Å². The number of rotatable bonds is 14. The van der Waals surface area contributed by atoms with E-state index in [0.29, 0.717) is 24.4 Å². The van der Waals surface area contributed by atoms with Crippen molar-refractivity contribution >= 4 is 27.6 Å². The molecule has 0 heterocycles. The van der Waals surface area contributed by atoms with Gasteiger partial charge in [0.05, 0.1) is 17.9 Å². The number of anilines is 1. The first-order chi connectivity index (χ1) is 15.0. The van der Waals surface area contributed by atoms with E-state index >= 15 is 0 Å². The first kappa shape index (κ1) is 26.1. The summed E-state index contributed by atoms with van der Waals surface area (Å²) in [6.45, 7) is 3.65. The predicted octanol–water partition coefficient (Wildman–Crippen LogP) is 6.11. The molecular weight excluding hydrogens is 456 g/mol. The lowest BCUT2D eigenvalue weighted by Gasteiger charge is -2.38. The first-order valence-electron chi connectivity index (χ1n) is 12.1. The van der Waals surface area contributed by atoms with E-state index in [0.717, 1.165) is 55.0 Å². The smallest absolute Gasteiger partial charge is 0.338 e. The quantitative estimate of drug-likeness (QED) is 0.164. The minimum Gasteiger partial charge on any atom is -0.462 e. The molecule has 0 unspecified atom stereocenters. The molecule has 1 aromatic rings. The highest BCUT2D eigenvalue weighted by molar-refractivity contribution is 9.10. The molecule has 31 heavy (non-hydrogen) atoms. The fourth-order valence-electron chi connectivity index (χ4n) is 4.45. The van der Waals surface area contributed by atoms with Crippen molar-refractivity contribution in [3.63, 3.8) is 0 Å². The third kappa shape index (κ3) is 8.74. The first-order valence-corrected chi connectivity index (χ1v) is 12.9. The summed E-state index contributed by atoms with van der Waals surface area (Å²) in [5, 5.41) is 12.5. The van der Waals surface area contributed by atoms with Gasteiger partial charge < -0.3 is 20.9 Å². The summed E-state index contributed by atoms with van der Waals surface area (Å²) in [6, 6.07) is 3.64. The highest BCUT2D eigenvalue weighted by Crippen LogP contribution is 2.32. The highest BCUT2D eigenvalue weighted by Gasteiger charge is 2.29. The van der Waals surface area contributed by atoms with Crippen molar-refractivity contribution in [3.8, 4) is 0 Å². The Morgan fingerprint density at radius 1 is 1.10 bits per heavy atom. The van der Waals surface area contributed by atoms with E-state index in [9.17, 15) is 4.79 Å². The number of carbonyl (C=O) groups excluding carboxylic acids is 1. The average molecular weight is 498 g/mol. The number of nitrogen functional groups attached to an aromatic ring is 1. The SMILES string of the molecule is CCC1(NCc2cc(C(=O)OCCCCCCCCCO)cc(Br)c2N)CCCCC1. The fraction of sp³-hybridized carbons (Fsp3) is 0.720. The Morgan fingerprint density at radius 3 is 2.39 bits per heavy atom. The van der Waals surface area contributed by atoms with Gasteiger partial charge in [-0.2, -0.15) is 0 Å². The van der Waals surface area contributed by atoms with E-state index in [1.54, 1.807) is 6.07 Å².